The van der Waals surface area contributed by atoms with Crippen molar-refractivity contribution in [3.05, 3.63) is 76.7 Å². The monoisotopic (exact) mass is 283 g/mol. The lowest BCUT2D eigenvalue weighted by atomic mass is 10.0. The molecule has 3 heteroatoms. The first-order valence-corrected chi connectivity index (χ1v) is 6.79. The Labute approximate surface area is 124 Å². The van der Waals surface area contributed by atoms with Crippen molar-refractivity contribution in [2.45, 2.75) is 20.8 Å². The van der Waals surface area contributed by atoms with Gasteiger partial charge in [-0.1, -0.05) is 23.8 Å². The van der Waals surface area contributed by atoms with Crippen molar-refractivity contribution in [2.75, 3.05) is 5.32 Å². The highest BCUT2D eigenvalue weighted by Crippen LogP contribution is 2.17. The number of hydrogen-bond acceptors (Lipinski definition) is 2. The summed E-state index contributed by atoms with van der Waals surface area (Å²) in [7, 11) is 0. The molecule has 1 N–H and O–H groups in total. The molecule has 0 spiro atoms. The van der Waals surface area contributed by atoms with E-state index in [0.29, 0.717) is 16.8 Å². The number of nitrogens with one attached hydrogen (secondary N) is 1. The van der Waals surface area contributed by atoms with Crippen LogP contribution in [0.25, 0.3) is 0 Å². The van der Waals surface area contributed by atoms with Gasteiger partial charge >= 0.3 is 0 Å². The molecule has 0 saturated heterocycles. The van der Waals surface area contributed by atoms with Crippen molar-refractivity contribution >= 4 is 11.5 Å². The first kappa shape index (κ1) is 15.0. The van der Waals surface area contributed by atoms with Crippen molar-refractivity contribution in [1.82, 2.24) is 0 Å². The van der Waals surface area contributed by atoms with Gasteiger partial charge in [0.25, 0.3) is 0 Å². The van der Waals surface area contributed by atoms with Gasteiger partial charge in [-0.2, -0.15) is 0 Å². The molecular formula is C18H18FNO. The zero-order valence-electron chi connectivity index (χ0n) is 12.4. The molecule has 21 heavy (non-hydrogen) atoms. The van der Waals surface area contributed by atoms with E-state index in [1.54, 1.807) is 25.3 Å². The van der Waals surface area contributed by atoms with Gasteiger partial charge in [-0.15, -0.1) is 0 Å². The molecule has 0 amide bonds. The molecule has 0 fully saturated rings. The van der Waals surface area contributed by atoms with E-state index in [4.69, 9.17) is 0 Å². The number of anilines is 1. The molecule has 2 aromatic rings. The molecule has 0 saturated carbocycles. The van der Waals surface area contributed by atoms with E-state index in [2.05, 4.69) is 5.32 Å². The third kappa shape index (κ3) is 3.57. The van der Waals surface area contributed by atoms with Crippen LogP contribution >= 0.6 is 0 Å². The molecule has 2 rings (SSSR count). The van der Waals surface area contributed by atoms with Crippen molar-refractivity contribution in [1.29, 1.82) is 0 Å². The molecule has 0 radical (unpaired) electrons. The third-order valence-corrected chi connectivity index (χ3v) is 3.40. The van der Waals surface area contributed by atoms with E-state index >= 15 is 0 Å². The molecule has 0 unspecified atom stereocenters. The second-order valence-corrected chi connectivity index (χ2v) is 5.07. The van der Waals surface area contributed by atoms with E-state index < -0.39 is 0 Å². The minimum atomic E-state index is -0.269. The molecule has 108 valence electrons. The highest BCUT2D eigenvalue weighted by atomic mass is 19.1. The smallest absolute Gasteiger partial charge is 0.187 e. The second kappa shape index (κ2) is 6.35. The van der Waals surface area contributed by atoms with Gasteiger partial charge in [-0.3, -0.25) is 4.79 Å². The van der Waals surface area contributed by atoms with Gasteiger partial charge in [-0.25, -0.2) is 4.39 Å². The maximum atomic E-state index is 13.4. The minimum absolute atomic E-state index is 0.0715. The van der Waals surface area contributed by atoms with Crippen LogP contribution in [0, 0.1) is 26.6 Å². The number of carbonyl (C=O) groups is 1. The number of carbonyl (C=O) groups excluding carboxylic acids is 1. The van der Waals surface area contributed by atoms with Gasteiger partial charge in [0.15, 0.2) is 5.78 Å². The normalized spacial score (nSPS) is 10.9. The number of allylic oxidation sites excluding steroid dienone is 1. The van der Waals surface area contributed by atoms with E-state index in [-0.39, 0.29) is 11.6 Å². The van der Waals surface area contributed by atoms with Crippen LogP contribution in [0.4, 0.5) is 10.1 Å². The first-order chi connectivity index (χ1) is 9.99. The van der Waals surface area contributed by atoms with Crippen molar-refractivity contribution in [3.8, 4) is 0 Å². The largest absolute Gasteiger partial charge is 0.361 e. The number of rotatable bonds is 4. The Balaban J connectivity index is 2.12. The zero-order chi connectivity index (χ0) is 15.4. The Morgan fingerprint density at radius 3 is 2.67 bits per heavy atom. The third-order valence-electron chi connectivity index (χ3n) is 3.40. The molecule has 0 aliphatic rings. The Bertz CT molecular complexity index is 704. The summed E-state index contributed by atoms with van der Waals surface area (Å²) in [5, 5.41) is 2.95. The Morgan fingerprint density at radius 2 is 1.90 bits per heavy atom. The molecule has 0 heterocycles. The number of halogens is 1. The van der Waals surface area contributed by atoms with E-state index in [1.165, 1.54) is 12.1 Å². The maximum Gasteiger partial charge on any atom is 0.187 e. The summed E-state index contributed by atoms with van der Waals surface area (Å²) in [6.07, 6.45) is 3.01. The molecule has 0 aliphatic carbocycles. The summed E-state index contributed by atoms with van der Waals surface area (Å²) in [6, 6.07) is 10.6. The van der Waals surface area contributed by atoms with Crippen LogP contribution in [-0.2, 0) is 0 Å². The van der Waals surface area contributed by atoms with Crippen LogP contribution in [0.3, 0.4) is 0 Å². The van der Waals surface area contributed by atoms with E-state index in [0.717, 1.165) is 11.1 Å². The van der Waals surface area contributed by atoms with Crippen LogP contribution in [-0.4, -0.2) is 5.78 Å². The van der Waals surface area contributed by atoms with Gasteiger partial charge < -0.3 is 5.32 Å². The quantitative estimate of drug-likeness (QED) is 0.658. The summed E-state index contributed by atoms with van der Waals surface area (Å²) in [5.41, 5.74) is 3.86. The zero-order valence-corrected chi connectivity index (χ0v) is 12.4. The molecule has 0 aromatic heterocycles. The minimum Gasteiger partial charge on any atom is -0.361 e. The lowest BCUT2D eigenvalue weighted by molar-refractivity contribution is 0.104. The van der Waals surface area contributed by atoms with Gasteiger partial charge in [0.2, 0.25) is 0 Å². The molecule has 0 aliphatic heterocycles. The van der Waals surface area contributed by atoms with Crippen molar-refractivity contribution in [3.63, 3.8) is 0 Å². The molecule has 2 nitrogen and oxygen atoms in total. The summed E-state index contributed by atoms with van der Waals surface area (Å²) in [6.45, 7) is 5.55. The summed E-state index contributed by atoms with van der Waals surface area (Å²) >= 11 is 0. The van der Waals surface area contributed by atoms with E-state index in [1.807, 2.05) is 32.0 Å². The first-order valence-electron chi connectivity index (χ1n) is 6.79. The average molecular weight is 283 g/mol. The molecular weight excluding hydrogens is 265 g/mol. The van der Waals surface area contributed by atoms with Gasteiger partial charge in [0, 0.05) is 29.1 Å². The predicted molar refractivity (Wildman–Crippen MR) is 84.1 cm³/mol. The van der Waals surface area contributed by atoms with E-state index in [9.17, 15) is 9.18 Å². The topological polar surface area (TPSA) is 29.1 Å². The van der Waals surface area contributed by atoms with Crippen LogP contribution < -0.4 is 5.32 Å². The fourth-order valence-electron chi connectivity index (χ4n) is 2.06. The standard InChI is InChI=1S/C18H18FNO/c1-12-7-8-13(2)15(11-12)18(21)9-10-20-17-6-4-5-16(19)14(17)3/h4-11,20H,1-3H3. The second-order valence-electron chi connectivity index (χ2n) is 5.07. The Kier molecular flexibility index (Phi) is 4.53. The van der Waals surface area contributed by atoms with Gasteiger partial charge in [-0.05, 0) is 44.5 Å². The number of ketones is 1. The number of aryl methyl sites for hydroxylation is 2. The fraction of sp³-hybridized carbons (Fsp3) is 0.167. The Morgan fingerprint density at radius 1 is 1.14 bits per heavy atom. The van der Waals surface area contributed by atoms with Crippen LogP contribution in [0.5, 0.6) is 0 Å². The highest BCUT2D eigenvalue weighted by Gasteiger charge is 2.06. The number of hydrogen-bond donors (Lipinski definition) is 1. The summed E-state index contributed by atoms with van der Waals surface area (Å²) < 4.78 is 13.4. The molecule has 0 atom stereocenters. The predicted octanol–water partition coefficient (Wildman–Crippen LogP) is 4.56. The lowest BCUT2D eigenvalue weighted by Gasteiger charge is -2.06. The van der Waals surface area contributed by atoms with Crippen LogP contribution in [0.15, 0.2) is 48.7 Å². The fourth-order valence-corrected chi connectivity index (χ4v) is 2.06. The van der Waals surface area contributed by atoms with Gasteiger partial charge in [0.1, 0.15) is 5.82 Å². The van der Waals surface area contributed by atoms with Gasteiger partial charge in [0.05, 0.1) is 0 Å². The highest BCUT2D eigenvalue weighted by molar-refractivity contribution is 6.05. The van der Waals surface area contributed by atoms with Crippen molar-refractivity contribution in [2.24, 2.45) is 0 Å². The molecule has 0 bridgehead atoms. The molecule has 2 aromatic carbocycles. The maximum absolute atomic E-state index is 13.4. The van der Waals surface area contributed by atoms with Crippen LogP contribution in [0.1, 0.15) is 27.0 Å². The summed E-state index contributed by atoms with van der Waals surface area (Å²) in [5.74, 6) is -0.341. The summed E-state index contributed by atoms with van der Waals surface area (Å²) in [4.78, 5) is 12.2. The SMILES string of the molecule is Cc1ccc(C)c(C(=O)C=CNc2cccc(F)c2C)c1. The van der Waals surface area contributed by atoms with Crippen LogP contribution in [0.2, 0.25) is 0 Å². The average Bonchev–Trinajstić information content (AvgIpc) is 2.46. The Hall–Kier alpha value is -2.42. The lowest BCUT2D eigenvalue weighted by Crippen LogP contribution is -2.00. The van der Waals surface area contributed by atoms with Crippen molar-refractivity contribution < 1.29 is 9.18 Å². The number of benzene rings is 2.